The van der Waals surface area contributed by atoms with Crippen LogP contribution < -0.4 is 0 Å². The highest BCUT2D eigenvalue weighted by molar-refractivity contribution is 9.10. The average molecular weight is 330 g/mol. The molecule has 0 aliphatic heterocycles. The normalized spacial score (nSPS) is 9.85. The Kier molecular flexibility index (Phi) is 4.49. The summed E-state index contributed by atoms with van der Waals surface area (Å²) in [4.78, 5) is 17.8. The average Bonchev–Trinajstić information content (AvgIpc) is 2.48. The first-order chi connectivity index (χ1) is 9.63. The predicted molar refractivity (Wildman–Crippen MR) is 78.9 cm³/mol. The number of benzene rings is 1. The number of nitriles is 1. The Labute approximate surface area is 125 Å². The molecule has 1 amide bonds. The number of halogens is 1. The molecule has 1 aromatic heterocycles. The van der Waals surface area contributed by atoms with Crippen molar-refractivity contribution in [2.75, 3.05) is 7.05 Å². The standard InChI is InChI=1S/C15H12BrN3O/c1-19(10-12-4-2-3-5-14(12)16)15(20)13-9-18-7-6-11(13)8-17/h2-7,9H,10H2,1H3. The van der Waals surface area contributed by atoms with Crippen molar-refractivity contribution in [3.05, 3.63) is 63.9 Å². The van der Waals surface area contributed by atoms with Crippen LogP contribution in [0.4, 0.5) is 0 Å². The van der Waals surface area contributed by atoms with Gasteiger partial charge in [-0.15, -0.1) is 0 Å². The Hall–Kier alpha value is -2.19. The molecule has 1 aromatic carbocycles. The van der Waals surface area contributed by atoms with Gasteiger partial charge in [-0.05, 0) is 17.7 Å². The van der Waals surface area contributed by atoms with Crippen LogP contribution in [-0.2, 0) is 6.54 Å². The quantitative estimate of drug-likeness (QED) is 0.869. The van der Waals surface area contributed by atoms with E-state index < -0.39 is 0 Å². The van der Waals surface area contributed by atoms with Gasteiger partial charge in [0.15, 0.2) is 0 Å². The minimum Gasteiger partial charge on any atom is -0.337 e. The fourth-order valence-corrected chi connectivity index (χ4v) is 2.23. The molecule has 0 aliphatic rings. The molecule has 0 fully saturated rings. The summed E-state index contributed by atoms with van der Waals surface area (Å²) in [5.41, 5.74) is 1.67. The van der Waals surface area contributed by atoms with E-state index in [1.807, 2.05) is 30.3 Å². The number of amides is 1. The van der Waals surface area contributed by atoms with Crippen molar-refractivity contribution in [3.8, 4) is 6.07 Å². The molecule has 0 saturated carbocycles. The topological polar surface area (TPSA) is 57.0 Å². The smallest absolute Gasteiger partial charge is 0.256 e. The van der Waals surface area contributed by atoms with Gasteiger partial charge < -0.3 is 4.90 Å². The van der Waals surface area contributed by atoms with E-state index >= 15 is 0 Å². The third-order valence-electron chi connectivity index (χ3n) is 2.88. The summed E-state index contributed by atoms with van der Waals surface area (Å²) in [6, 6.07) is 11.3. The first-order valence-corrected chi connectivity index (χ1v) is 6.75. The van der Waals surface area contributed by atoms with Crippen LogP contribution in [0.3, 0.4) is 0 Å². The van der Waals surface area contributed by atoms with E-state index in [9.17, 15) is 4.79 Å². The van der Waals surface area contributed by atoms with Crippen LogP contribution in [0.5, 0.6) is 0 Å². The van der Waals surface area contributed by atoms with Crippen molar-refractivity contribution in [3.63, 3.8) is 0 Å². The molecule has 0 bridgehead atoms. The van der Waals surface area contributed by atoms with Gasteiger partial charge in [0.2, 0.25) is 0 Å². The third-order valence-corrected chi connectivity index (χ3v) is 3.66. The Morgan fingerprint density at radius 1 is 1.40 bits per heavy atom. The lowest BCUT2D eigenvalue weighted by Gasteiger charge is -2.18. The molecule has 0 radical (unpaired) electrons. The zero-order valence-corrected chi connectivity index (χ0v) is 12.5. The summed E-state index contributed by atoms with van der Waals surface area (Å²) in [6.07, 6.45) is 2.93. The minimum atomic E-state index is -0.217. The number of aromatic nitrogens is 1. The van der Waals surface area contributed by atoms with Crippen molar-refractivity contribution in [1.29, 1.82) is 5.26 Å². The van der Waals surface area contributed by atoms with E-state index in [2.05, 4.69) is 20.9 Å². The van der Waals surface area contributed by atoms with Crippen LogP contribution in [0.15, 0.2) is 47.2 Å². The molecule has 0 unspecified atom stereocenters. The number of nitrogens with zero attached hydrogens (tertiary/aromatic N) is 3. The number of carbonyl (C=O) groups is 1. The van der Waals surface area contributed by atoms with Crippen LogP contribution in [0, 0.1) is 11.3 Å². The van der Waals surface area contributed by atoms with Crippen LogP contribution in [0.1, 0.15) is 21.5 Å². The molecule has 0 spiro atoms. The monoisotopic (exact) mass is 329 g/mol. The summed E-state index contributed by atoms with van der Waals surface area (Å²) in [5, 5.41) is 9.03. The van der Waals surface area contributed by atoms with E-state index in [1.54, 1.807) is 18.0 Å². The van der Waals surface area contributed by atoms with Gasteiger partial charge >= 0.3 is 0 Å². The van der Waals surface area contributed by atoms with Crippen LogP contribution in [-0.4, -0.2) is 22.8 Å². The molecule has 5 heteroatoms. The van der Waals surface area contributed by atoms with Gasteiger partial charge in [0, 0.05) is 30.5 Å². The third kappa shape index (κ3) is 3.03. The SMILES string of the molecule is CN(Cc1ccccc1Br)C(=O)c1cnccc1C#N. The lowest BCUT2D eigenvalue weighted by atomic mass is 10.1. The van der Waals surface area contributed by atoms with Gasteiger partial charge in [-0.1, -0.05) is 34.1 Å². The second-order valence-electron chi connectivity index (χ2n) is 4.29. The Morgan fingerprint density at radius 2 is 2.15 bits per heavy atom. The van der Waals surface area contributed by atoms with E-state index in [4.69, 9.17) is 5.26 Å². The number of hydrogen-bond acceptors (Lipinski definition) is 3. The predicted octanol–water partition coefficient (Wildman–Crippen LogP) is 2.99. The maximum absolute atomic E-state index is 12.4. The molecule has 1 heterocycles. The Morgan fingerprint density at radius 3 is 2.85 bits per heavy atom. The molecule has 100 valence electrons. The van der Waals surface area contributed by atoms with Crippen LogP contribution >= 0.6 is 15.9 Å². The minimum absolute atomic E-state index is 0.217. The molecule has 0 N–H and O–H groups in total. The van der Waals surface area contributed by atoms with Crippen molar-refractivity contribution in [2.45, 2.75) is 6.54 Å². The highest BCUT2D eigenvalue weighted by Crippen LogP contribution is 2.18. The molecular weight excluding hydrogens is 318 g/mol. The molecule has 4 nitrogen and oxygen atoms in total. The Bertz CT molecular complexity index is 679. The molecule has 0 atom stereocenters. The first-order valence-electron chi connectivity index (χ1n) is 5.96. The summed E-state index contributed by atoms with van der Waals surface area (Å²) in [7, 11) is 1.70. The molecule has 0 saturated heterocycles. The van der Waals surface area contributed by atoms with Crippen molar-refractivity contribution >= 4 is 21.8 Å². The fraction of sp³-hybridized carbons (Fsp3) is 0.133. The van der Waals surface area contributed by atoms with Crippen molar-refractivity contribution in [2.24, 2.45) is 0 Å². The maximum atomic E-state index is 12.4. The van der Waals surface area contributed by atoms with Gasteiger partial charge in [0.05, 0.1) is 11.1 Å². The summed E-state index contributed by atoms with van der Waals surface area (Å²) in [6.45, 7) is 0.458. The highest BCUT2D eigenvalue weighted by atomic mass is 79.9. The zero-order chi connectivity index (χ0) is 14.5. The second-order valence-corrected chi connectivity index (χ2v) is 5.14. The molecule has 20 heavy (non-hydrogen) atoms. The van der Waals surface area contributed by atoms with Crippen molar-refractivity contribution < 1.29 is 4.79 Å². The number of carbonyl (C=O) groups excluding carboxylic acids is 1. The number of rotatable bonds is 3. The largest absolute Gasteiger partial charge is 0.337 e. The highest BCUT2D eigenvalue weighted by Gasteiger charge is 2.16. The van der Waals surface area contributed by atoms with Gasteiger partial charge in [0.25, 0.3) is 5.91 Å². The number of pyridine rings is 1. The zero-order valence-electron chi connectivity index (χ0n) is 10.9. The lowest BCUT2D eigenvalue weighted by molar-refractivity contribution is 0.0784. The first kappa shape index (κ1) is 14.2. The number of hydrogen-bond donors (Lipinski definition) is 0. The van der Waals surface area contributed by atoms with Crippen LogP contribution in [0.25, 0.3) is 0 Å². The van der Waals surface area contributed by atoms with Crippen molar-refractivity contribution in [1.82, 2.24) is 9.88 Å². The van der Waals surface area contributed by atoms with E-state index in [0.29, 0.717) is 17.7 Å². The molecular formula is C15H12BrN3O. The molecule has 2 rings (SSSR count). The van der Waals surface area contributed by atoms with Gasteiger partial charge in [-0.3, -0.25) is 9.78 Å². The van der Waals surface area contributed by atoms with E-state index in [1.165, 1.54) is 12.4 Å². The second kappa shape index (κ2) is 6.31. The summed E-state index contributed by atoms with van der Waals surface area (Å²) >= 11 is 3.46. The molecule has 0 aliphatic carbocycles. The summed E-state index contributed by atoms with van der Waals surface area (Å²) in [5.74, 6) is -0.217. The van der Waals surface area contributed by atoms with E-state index in [0.717, 1.165) is 10.0 Å². The Balaban J connectivity index is 2.22. The van der Waals surface area contributed by atoms with Gasteiger partial charge in [-0.2, -0.15) is 5.26 Å². The van der Waals surface area contributed by atoms with Gasteiger partial charge in [-0.25, -0.2) is 0 Å². The van der Waals surface area contributed by atoms with E-state index in [-0.39, 0.29) is 5.91 Å². The fourth-order valence-electron chi connectivity index (χ4n) is 1.82. The van der Waals surface area contributed by atoms with Gasteiger partial charge in [0.1, 0.15) is 6.07 Å². The lowest BCUT2D eigenvalue weighted by Crippen LogP contribution is -2.27. The molecule has 2 aromatic rings. The summed E-state index contributed by atoms with van der Waals surface area (Å²) < 4.78 is 0.950. The van der Waals surface area contributed by atoms with Crippen LogP contribution in [0.2, 0.25) is 0 Å². The maximum Gasteiger partial charge on any atom is 0.256 e.